The Labute approximate surface area is 104 Å². The molecular formula is C12H26O5. The fourth-order valence-corrected chi connectivity index (χ4v) is 0.739. The standard InChI is InChI=1S/C12H26O5/c1-9(14-16-11(3,4)5)13-10(2)15-17-12(6,7)8/h9-10H,1-8H3. The highest BCUT2D eigenvalue weighted by atomic mass is 17.3. The van der Waals surface area contributed by atoms with Crippen LogP contribution in [-0.2, 0) is 24.3 Å². The second-order valence-corrected chi connectivity index (χ2v) is 5.86. The summed E-state index contributed by atoms with van der Waals surface area (Å²) in [5.74, 6) is 0. The third kappa shape index (κ3) is 12.1. The molecule has 0 aromatic heterocycles. The van der Waals surface area contributed by atoms with Gasteiger partial charge in [0.1, 0.15) is 0 Å². The average molecular weight is 250 g/mol. The van der Waals surface area contributed by atoms with E-state index in [1.54, 1.807) is 13.8 Å². The zero-order chi connectivity index (χ0) is 13.7. The Kier molecular flexibility index (Phi) is 6.58. The van der Waals surface area contributed by atoms with Crippen LogP contribution in [0.5, 0.6) is 0 Å². The van der Waals surface area contributed by atoms with Crippen LogP contribution >= 0.6 is 0 Å². The molecule has 0 aromatic rings. The van der Waals surface area contributed by atoms with Crippen molar-refractivity contribution in [2.45, 2.75) is 79.2 Å². The molecule has 0 aliphatic rings. The molecule has 0 amide bonds. The van der Waals surface area contributed by atoms with E-state index in [9.17, 15) is 0 Å². The fourth-order valence-electron chi connectivity index (χ4n) is 0.739. The lowest BCUT2D eigenvalue weighted by atomic mass is 10.2. The van der Waals surface area contributed by atoms with Crippen molar-refractivity contribution in [3.63, 3.8) is 0 Å². The molecule has 0 spiro atoms. The lowest BCUT2D eigenvalue weighted by Crippen LogP contribution is -2.29. The summed E-state index contributed by atoms with van der Waals surface area (Å²) in [6.45, 7) is 14.8. The Hall–Kier alpha value is -0.200. The molecule has 0 saturated carbocycles. The van der Waals surface area contributed by atoms with Crippen LogP contribution in [0.4, 0.5) is 0 Å². The van der Waals surface area contributed by atoms with Crippen LogP contribution in [-0.4, -0.2) is 23.8 Å². The molecule has 17 heavy (non-hydrogen) atoms. The third-order valence-corrected chi connectivity index (χ3v) is 1.25. The van der Waals surface area contributed by atoms with Gasteiger partial charge < -0.3 is 4.74 Å². The first kappa shape index (κ1) is 16.8. The van der Waals surface area contributed by atoms with Gasteiger partial charge in [-0.05, 0) is 55.4 Å². The van der Waals surface area contributed by atoms with Crippen LogP contribution in [0.15, 0.2) is 0 Å². The van der Waals surface area contributed by atoms with Gasteiger partial charge in [0.05, 0.1) is 11.2 Å². The van der Waals surface area contributed by atoms with Gasteiger partial charge in [-0.2, -0.15) is 0 Å². The lowest BCUT2D eigenvalue weighted by molar-refractivity contribution is -0.465. The van der Waals surface area contributed by atoms with Gasteiger partial charge in [-0.25, -0.2) is 19.6 Å². The van der Waals surface area contributed by atoms with Crippen LogP contribution in [0.1, 0.15) is 55.4 Å². The maximum atomic E-state index is 5.35. The molecule has 2 atom stereocenters. The third-order valence-electron chi connectivity index (χ3n) is 1.25. The summed E-state index contributed by atoms with van der Waals surface area (Å²) in [4.78, 5) is 20.3. The van der Waals surface area contributed by atoms with Gasteiger partial charge in [0.25, 0.3) is 0 Å². The summed E-state index contributed by atoms with van der Waals surface area (Å²) in [6, 6.07) is 0. The van der Waals surface area contributed by atoms with Gasteiger partial charge >= 0.3 is 0 Å². The first-order chi connectivity index (χ1) is 7.49. The van der Waals surface area contributed by atoms with E-state index in [-0.39, 0.29) is 11.2 Å². The number of rotatable bonds is 6. The maximum Gasteiger partial charge on any atom is 0.191 e. The minimum absolute atomic E-state index is 0.371. The lowest BCUT2D eigenvalue weighted by Gasteiger charge is -2.25. The Morgan fingerprint density at radius 2 is 0.941 bits per heavy atom. The zero-order valence-electron chi connectivity index (χ0n) is 12.2. The molecule has 0 bridgehead atoms. The van der Waals surface area contributed by atoms with E-state index in [1.807, 2.05) is 41.5 Å². The quantitative estimate of drug-likeness (QED) is 0.411. The highest BCUT2D eigenvalue weighted by molar-refractivity contribution is 4.55. The Morgan fingerprint density at radius 3 is 1.18 bits per heavy atom. The van der Waals surface area contributed by atoms with Crippen molar-refractivity contribution in [3.05, 3.63) is 0 Å². The van der Waals surface area contributed by atoms with Crippen LogP contribution in [0, 0.1) is 0 Å². The number of hydrogen-bond acceptors (Lipinski definition) is 5. The van der Waals surface area contributed by atoms with Gasteiger partial charge in [-0.1, -0.05) is 0 Å². The van der Waals surface area contributed by atoms with E-state index < -0.39 is 12.6 Å². The summed E-state index contributed by atoms with van der Waals surface area (Å²) in [6.07, 6.45) is -1.07. The van der Waals surface area contributed by atoms with Gasteiger partial charge in [-0.15, -0.1) is 0 Å². The molecule has 0 aromatic carbocycles. The van der Waals surface area contributed by atoms with Gasteiger partial charge in [-0.3, -0.25) is 0 Å². The molecule has 104 valence electrons. The molecule has 0 radical (unpaired) electrons. The van der Waals surface area contributed by atoms with Crippen LogP contribution in [0.2, 0.25) is 0 Å². The largest absolute Gasteiger partial charge is 0.318 e. The summed E-state index contributed by atoms with van der Waals surface area (Å²) < 4.78 is 5.35. The van der Waals surface area contributed by atoms with Crippen LogP contribution < -0.4 is 0 Å². The zero-order valence-corrected chi connectivity index (χ0v) is 12.2. The Morgan fingerprint density at radius 1 is 0.647 bits per heavy atom. The van der Waals surface area contributed by atoms with Crippen molar-refractivity contribution in [1.29, 1.82) is 0 Å². The summed E-state index contributed by atoms with van der Waals surface area (Å²) in [5.41, 5.74) is -0.743. The predicted octanol–water partition coefficient (Wildman–Crippen LogP) is 3.19. The van der Waals surface area contributed by atoms with Gasteiger partial charge in [0, 0.05) is 0 Å². The second-order valence-electron chi connectivity index (χ2n) is 5.86. The van der Waals surface area contributed by atoms with Crippen molar-refractivity contribution in [3.8, 4) is 0 Å². The molecule has 0 rings (SSSR count). The Balaban J connectivity index is 3.77. The highest BCUT2D eigenvalue weighted by Crippen LogP contribution is 2.13. The Bertz CT molecular complexity index is 182. The topological polar surface area (TPSA) is 46.2 Å². The predicted molar refractivity (Wildman–Crippen MR) is 63.9 cm³/mol. The van der Waals surface area contributed by atoms with E-state index in [0.29, 0.717) is 0 Å². The van der Waals surface area contributed by atoms with Crippen molar-refractivity contribution in [2.75, 3.05) is 0 Å². The fraction of sp³-hybridized carbons (Fsp3) is 1.00. The molecule has 0 fully saturated rings. The molecule has 0 heterocycles. The van der Waals surface area contributed by atoms with Crippen LogP contribution in [0.3, 0.4) is 0 Å². The van der Waals surface area contributed by atoms with E-state index in [0.717, 1.165) is 0 Å². The number of hydrogen-bond donors (Lipinski definition) is 0. The molecule has 5 heteroatoms. The molecular weight excluding hydrogens is 224 g/mol. The van der Waals surface area contributed by atoms with E-state index in [1.165, 1.54) is 0 Å². The molecule has 0 aliphatic heterocycles. The molecule has 0 aliphatic carbocycles. The van der Waals surface area contributed by atoms with E-state index in [4.69, 9.17) is 24.3 Å². The van der Waals surface area contributed by atoms with Gasteiger partial charge in [0.15, 0.2) is 12.6 Å². The maximum absolute atomic E-state index is 5.35. The second kappa shape index (κ2) is 6.66. The minimum atomic E-state index is -0.534. The first-order valence-electron chi connectivity index (χ1n) is 5.84. The van der Waals surface area contributed by atoms with Crippen molar-refractivity contribution in [2.24, 2.45) is 0 Å². The first-order valence-corrected chi connectivity index (χ1v) is 5.84. The normalized spacial score (nSPS) is 16.9. The van der Waals surface area contributed by atoms with Crippen molar-refractivity contribution >= 4 is 0 Å². The van der Waals surface area contributed by atoms with Crippen molar-refractivity contribution < 1.29 is 24.3 Å². The molecule has 2 unspecified atom stereocenters. The number of ether oxygens (including phenoxy) is 1. The minimum Gasteiger partial charge on any atom is -0.318 e. The summed E-state index contributed by atoms with van der Waals surface area (Å²) in [5, 5.41) is 0. The van der Waals surface area contributed by atoms with Crippen LogP contribution in [0.25, 0.3) is 0 Å². The molecule has 0 saturated heterocycles. The van der Waals surface area contributed by atoms with E-state index >= 15 is 0 Å². The van der Waals surface area contributed by atoms with E-state index in [2.05, 4.69) is 0 Å². The van der Waals surface area contributed by atoms with Gasteiger partial charge in [0.2, 0.25) is 0 Å². The highest BCUT2D eigenvalue weighted by Gasteiger charge is 2.19. The summed E-state index contributed by atoms with van der Waals surface area (Å²) >= 11 is 0. The molecule has 5 nitrogen and oxygen atoms in total. The SMILES string of the molecule is CC(OOC(C)(C)C)OC(C)OOC(C)(C)C. The average Bonchev–Trinajstić information content (AvgIpc) is 2.09. The summed E-state index contributed by atoms with van der Waals surface area (Å²) in [7, 11) is 0. The smallest absolute Gasteiger partial charge is 0.191 e. The molecule has 0 N–H and O–H groups in total. The monoisotopic (exact) mass is 250 g/mol. The van der Waals surface area contributed by atoms with Crippen molar-refractivity contribution in [1.82, 2.24) is 0 Å².